The summed E-state index contributed by atoms with van der Waals surface area (Å²) in [5.41, 5.74) is -0.416. The summed E-state index contributed by atoms with van der Waals surface area (Å²) in [5.74, 6) is -1.60. The summed E-state index contributed by atoms with van der Waals surface area (Å²) < 4.78 is 39.0. The van der Waals surface area contributed by atoms with Gasteiger partial charge in [-0.2, -0.15) is 13.2 Å². The largest absolute Gasteiger partial charge is 0.416 e. The highest BCUT2D eigenvalue weighted by Gasteiger charge is 2.47. The van der Waals surface area contributed by atoms with E-state index in [1.165, 1.54) is 6.07 Å². The summed E-state index contributed by atoms with van der Waals surface area (Å²) in [5, 5.41) is 2.49. The second kappa shape index (κ2) is 8.04. The van der Waals surface area contributed by atoms with Gasteiger partial charge in [-0.15, -0.1) is 0 Å². The highest BCUT2D eigenvalue weighted by molar-refractivity contribution is 6.05. The van der Waals surface area contributed by atoms with E-state index in [1.807, 2.05) is 0 Å². The fourth-order valence-electron chi connectivity index (χ4n) is 4.08. The van der Waals surface area contributed by atoms with E-state index in [9.17, 15) is 27.6 Å². The Balaban J connectivity index is 1.68. The fraction of sp³-hybridized carbons (Fsp3) is 0.550. The second-order valence-electron chi connectivity index (χ2n) is 7.75. The van der Waals surface area contributed by atoms with Crippen LogP contribution in [-0.4, -0.2) is 43.3 Å². The Morgan fingerprint density at radius 2 is 1.72 bits per heavy atom. The monoisotopic (exact) mass is 411 g/mol. The molecule has 29 heavy (non-hydrogen) atoms. The highest BCUT2D eigenvalue weighted by Crippen LogP contribution is 2.38. The molecule has 1 aliphatic carbocycles. The zero-order valence-corrected chi connectivity index (χ0v) is 16.4. The van der Waals surface area contributed by atoms with Crippen molar-refractivity contribution >= 4 is 29.1 Å². The van der Waals surface area contributed by atoms with Crippen LogP contribution in [0, 0.1) is 11.8 Å². The molecule has 1 aliphatic heterocycles. The van der Waals surface area contributed by atoms with Crippen LogP contribution in [0.25, 0.3) is 0 Å². The summed E-state index contributed by atoms with van der Waals surface area (Å²) in [6.45, 7) is -0.0627. The number of anilines is 2. The number of alkyl halides is 3. The molecule has 0 unspecified atom stereocenters. The number of imide groups is 1. The molecule has 2 atom stereocenters. The van der Waals surface area contributed by atoms with Gasteiger partial charge in [0.1, 0.15) is 0 Å². The molecule has 0 radical (unpaired) electrons. The summed E-state index contributed by atoms with van der Waals surface area (Å²) in [4.78, 5) is 40.0. The van der Waals surface area contributed by atoms with Gasteiger partial charge in [-0.1, -0.05) is 12.8 Å². The first-order chi connectivity index (χ1) is 13.6. The van der Waals surface area contributed by atoms with Crippen molar-refractivity contribution in [1.29, 1.82) is 0 Å². The van der Waals surface area contributed by atoms with Gasteiger partial charge in [0.15, 0.2) is 0 Å². The molecule has 1 N–H and O–H groups in total. The molecule has 0 spiro atoms. The molecule has 1 saturated carbocycles. The van der Waals surface area contributed by atoms with Crippen LogP contribution in [-0.2, 0) is 20.6 Å². The molecule has 0 bridgehead atoms. The number of rotatable bonds is 5. The summed E-state index contributed by atoms with van der Waals surface area (Å²) in [7, 11) is 3.31. The van der Waals surface area contributed by atoms with E-state index in [1.54, 1.807) is 19.0 Å². The number of hydrogen-bond donors (Lipinski definition) is 1. The smallest absolute Gasteiger partial charge is 0.376 e. The first-order valence-corrected chi connectivity index (χ1v) is 9.63. The van der Waals surface area contributed by atoms with Gasteiger partial charge >= 0.3 is 6.18 Å². The third-order valence-corrected chi connectivity index (χ3v) is 5.57. The predicted molar refractivity (Wildman–Crippen MR) is 101 cm³/mol. The molecule has 3 rings (SSSR count). The Bertz CT molecular complexity index is 799. The zero-order chi connectivity index (χ0) is 21.3. The molecular weight excluding hydrogens is 387 g/mol. The van der Waals surface area contributed by atoms with Crippen molar-refractivity contribution in [3.63, 3.8) is 0 Å². The molecule has 1 aromatic rings. The Kier molecular flexibility index (Phi) is 5.86. The molecule has 1 aromatic carbocycles. The van der Waals surface area contributed by atoms with Crippen molar-refractivity contribution < 1.29 is 27.6 Å². The maximum Gasteiger partial charge on any atom is 0.416 e. The molecule has 0 aromatic heterocycles. The van der Waals surface area contributed by atoms with Crippen molar-refractivity contribution in [1.82, 2.24) is 4.90 Å². The molecule has 1 saturated heterocycles. The highest BCUT2D eigenvalue weighted by atomic mass is 19.4. The average Bonchev–Trinajstić information content (AvgIpc) is 2.90. The number of halogens is 3. The number of carbonyl (C=O) groups is 3. The Hall–Kier alpha value is -2.58. The van der Waals surface area contributed by atoms with Gasteiger partial charge in [-0.05, 0) is 31.0 Å². The number of benzene rings is 1. The van der Waals surface area contributed by atoms with Crippen molar-refractivity contribution in [2.24, 2.45) is 11.8 Å². The first-order valence-electron chi connectivity index (χ1n) is 9.63. The predicted octanol–water partition coefficient (Wildman–Crippen LogP) is 3.28. The van der Waals surface area contributed by atoms with Crippen LogP contribution in [0.2, 0.25) is 0 Å². The van der Waals surface area contributed by atoms with Gasteiger partial charge in [0.05, 0.1) is 28.8 Å². The average molecular weight is 411 g/mol. The van der Waals surface area contributed by atoms with Crippen molar-refractivity contribution in [3.8, 4) is 0 Å². The second-order valence-corrected chi connectivity index (χ2v) is 7.75. The number of likely N-dealkylation sites (tertiary alicyclic amines) is 1. The molecule has 2 fully saturated rings. The summed E-state index contributed by atoms with van der Waals surface area (Å²) in [6.07, 6.45) is -1.49. The van der Waals surface area contributed by atoms with Crippen LogP contribution in [0.3, 0.4) is 0 Å². The van der Waals surface area contributed by atoms with Crippen LogP contribution >= 0.6 is 0 Å². The van der Waals surface area contributed by atoms with E-state index in [0.29, 0.717) is 18.5 Å². The maximum atomic E-state index is 13.0. The SMILES string of the molecule is CN(C)c1ccc(C(F)(F)F)cc1NC(=O)CCN1C(=O)[C@H]2CCCC[C@H]2C1=O. The number of nitrogens with one attached hydrogen (secondary N) is 1. The van der Waals surface area contributed by atoms with Crippen molar-refractivity contribution in [3.05, 3.63) is 23.8 Å². The summed E-state index contributed by atoms with van der Waals surface area (Å²) in [6, 6.07) is 3.12. The molecule has 158 valence electrons. The van der Waals surface area contributed by atoms with Gasteiger partial charge < -0.3 is 10.2 Å². The minimum Gasteiger partial charge on any atom is -0.376 e. The molecule has 6 nitrogen and oxygen atoms in total. The molecule has 2 aliphatic rings. The minimum atomic E-state index is -4.53. The number of carbonyl (C=O) groups excluding carboxylic acids is 3. The lowest BCUT2D eigenvalue weighted by Gasteiger charge is -2.20. The van der Waals surface area contributed by atoms with Gasteiger partial charge in [-0.3, -0.25) is 19.3 Å². The zero-order valence-electron chi connectivity index (χ0n) is 16.4. The standard InChI is InChI=1S/C20H24F3N3O3/c1-25(2)16-8-7-12(20(21,22)23)11-15(16)24-17(27)9-10-26-18(28)13-5-3-4-6-14(13)19(26)29/h7-8,11,13-14H,3-6,9-10H2,1-2H3,(H,24,27)/t13-,14+. The van der Waals surface area contributed by atoms with Crippen molar-refractivity contribution in [2.45, 2.75) is 38.3 Å². The number of nitrogens with zero attached hydrogens (tertiary/aromatic N) is 2. The number of fused-ring (bicyclic) bond motifs is 1. The third kappa shape index (κ3) is 4.38. The third-order valence-electron chi connectivity index (χ3n) is 5.57. The normalized spacial score (nSPS) is 21.9. The van der Waals surface area contributed by atoms with Crippen molar-refractivity contribution in [2.75, 3.05) is 30.9 Å². The molecule has 9 heteroatoms. The lowest BCUT2D eigenvalue weighted by Crippen LogP contribution is -2.34. The van der Waals surface area contributed by atoms with Crippen LogP contribution in [0.5, 0.6) is 0 Å². The Morgan fingerprint density at radius 3 is 2.24 bits per heavy atom. The minimum absolute atomic E-state index is 0.0302. The lowest BCUT2D eigenvalue weighted by atomic mass is 9.81. The van der Waals surface area contributed by atoms with Gasteiger partial charge in [0.2, 0.25) is 17.7 Å². The Morgan fingerprint density at radius 1 is 1.14 bits per heavy atom. The van der Waals surface area contributed by atoms with Crippen LogP contribution in [0.15, 0.2) is 18.2 Å². The first kappa shape index (κ1) is 21.1. The fourth-order valence-corrected chi connectivity index (χ4v) is 4.08. The number of hydrogen-bond acceptors (Lipinski definition) is 4. The van der Waals surface area contributed by atoms with E-state index in [0.717, 1.165) is 29.9 Å². The van der Waals surface area contributed by atoms with Crippen LogP contribution in [0.4, 0.5) is 24.5 Å². The van der Waals surface area contributed by atoms with Crippen LogP contribution in [0.1, 0.15) is 37.7 Å². The topological polar surface area (TPSA) is 69.7 Å². The van der Waals surface area contributed by atoms with E-state index in [-0.39, 0.29) is 42.3 Å². The molecule has 1 heterocycles. The lowest BCUT2D eigenvalue weighted by molar-refractivity contribution is -0.140. The van der Waals surface area contributed by atoms with E-state index >= 15 is 0 Å². The molecule has 3 amide bonds. The molecular formula is C20H24F3N3O3. The van der Waals surface area contributed by atoms with Crippen LogP contribution < -0.4 is 10.2 Å². The van der Waals surface area contributed by atoms with E-state index in [4.69, 9.17) is 0 Å². The van der Waals surface area contributed by atoms with Gasteiger partial charge in [0.25, 0.3) is 0 Å². The van der Waals surface area contributed by atoms with Gasteiger partial charge in [-0.25, -0.2) is 0 Å². The Labute approximate surface area is 167 Å². The van der Waals surface area contributed by atoms with E-state index in [2.05, 4.69) is 5.32 Å². The maximum absolute atomic E-state index is 13.0. The van der Waals surface area contributed by atoms with Gasteiger partial charge in [0, 0.05) is 27.1 Å². The quantitative estimate of drug-likeness (QED) is 0.755. The summed E-state index contributed by atoms with van der Waals surface area (Å²) >= 11 is 0. The number of amides is 3. The van der Waals surface area contributed by atoms with E-state index < -0.39 is 17.6 Å².